The van der Waals surface area contributed by atoms with Crippen LogP contribution in [0.4, 0.5) is 0 Å². The minimum Gasteiger partial charge on any atom is -0.0581 e. The molecule has 0 amide bonds. The zero-order chi connectivity index (χ0) is 9.14. The normalized spacial score (nSPS) is 10.3. The first-order valence-electron chi connectivity index (χ1n) is 4.33. The summed E-state index contributed by atoms with van der Waals surface area (Å²) in [5, 5.41) is 3.28. The van der Waals surface area contributed by atoms with E-state index in [1.54, 1.807) is 10.6 Å². The summed E-state index contributed by atoms with van der Waals surface area (Å²) in [5.74, 6) is 0. The summed E-state index contributed by atoms with van der Waals surface area (Å²) >= 11 is 0. The van der Waals surface area contributed by atoms with E-state index in [1.165, 1.54) is 0 Å². The monoisotopic (exact) mass is 258 g/mol. The molecule has 3 heteroatoms. The van der Waals surface area contributed by atoms with E-state index in [9.17, 15) is 0 Å². The Kier molecular flexibility index (Phi) is 6.40. The van der Waals surface area contributed by atoms with Gasteiger partial charge in [0.05, 0.1) is 26.7 Å². The Balaban J connectivity index is 0.00000144. The topological polar surface area (TPSA) is 0 Å². The van der Waals surface area contributed by atoms with Crippen molar-refractivity contribution in [2.75, 3.05) is 26.7 Å². The van der Waals surface area contributed by atoms with Crippen LogP contribution in [0.15, 0.2) is 24.3 Å². The number of rotatable bonds is 2. The third-order valence-corrected chi connectivity index (χ3v) is 5.28. The maximum atomic E-state index is 2.37. The quantitative estimate of drug-likeness (QED) is 0.562. The molecule has 0 heterocycles. The van der Waals surface area contributed by atoms with Crippen molar-refractivity contribution in [3.8, 4) is 0 Å². The van der Waals surface area contributed by atoms with Gasteiger partial charge >= 0.3 is 0 Å². The Morgan fingerprint density at radius 3 is 1.31 bits per heavy atom. The fourth-order valence-electron chi connectivity index (χ4n) is 1.36. The van der Waals surface area contributed by atoms with Crippen molar-refractivity contribution in [1.82, 2.24) is 0 Å². The van der Waals surface area contributed by atoms with Gasteiger partial charge in [0, 0.05) is 32.3 Å². The third-order valence-electron chi connectivity index (χ3n) is 2.00. The SMILES string of the molecule is C[PH+](C)c1ccccc1[PH+](C)C.[Ni]. The maximum absolute atomic E-state index is 2.37. The van der Waals surface area contributed by atoms with Gasteiger partial charge in [-0.3, -0.25) is 0 Å². The summed E-state index contributed by atoms with van der Waals surface area (Å²) in [6.07, 6.45) is 0. The van der Waals surface area contributed by atoms with Gasteiger partial charge in [-0.1, -0.05) is 12.1 Å². The Labute approximate surface area is 93.9 Å². The Morgan fingerprint density at radius 2 is 1.08 bits per heavy atom. The fraction of sp³-hybridized carbons (Fsp3) is 0.400. The standard InChI is InChI=1S/C10H16P2.Ni/c1-11(2)9-7-5-6-8-10(9)12(3)4;/h5-8H,1-4H3;/p+2. The second-order valence-corrected chi connectivity index (χ2v) is 8.62. The Hall–Kier alpha value is 0.574. The van der Waals surface area contributed by atoms with Gasteiger partial charge in [0.1, 0.15) is 10.6 Å². The molecule has 0 saturated heterocycles. The molecular weight excluding hydrogens is 241 g/mol. The Morgan fingerprint density at radius 1 is 0.769 bits per heavy atom. The van der Waals surface area contributed by atoms with Gasteiger partial charge in [0.25, 0.3) is 0 Å². The molecule has 1 aromatic carbocycles. The van der Waals surface area contributed by atoms with E-state index in [-0.39, 0.29) is 32.3 Å². The molecule has 0 unspecified atom stereocenters. The number of benzene rings is 1. The van der Waals surface area contributed by atoms with Crippen LogP contribution in [0, 0.1) is 0 Å². The summed E-state index contributed by atoms with van der Waals surface area (Å²) in [5.41, 5.74) is 0. The van der Waals surface area contributed by atoms with Gasteiger partial charge in [0.15, 0.2) is 0 Å². The van der Waals surface area contributed by atoms with Crippen molar-refractivity contribution in [3.05, 3.63) is 24.3 Å². The molecule has 0 aliphatic heterocycles. The second kappa shape index (κ2) is 6.13. The average Bonchev–Trinajstić information content (AvgIpc) is 2.04. The summed E-state index contributed by atoms with van der Waals surface area (Å²) in [7, 11) is -0.522. The molecule has 0 saturated carbocycles. The molecule has 13 heavy (non-hydrogen) atoms. The van der Waals surface area contributed by atoms with Crippen LogP contribution in [0.25, 0.3) is 0 Å². The van der Waals surface area contributed by atoms with Gasteiger partial charge in [0.2, 0.25) is 0 Å². The van der Waals surface area contributed by atoms with E-state index in [1.807, 2.05) is 0 Å². The number of hydrogen-bond donors (Lipinski definition) is 0. The van der Waals surface area contributed by atoms with Crippen molar-refractivity contribution in [2.24, 2.45) is 0 Å². The van der Waals surface area contributed by atoms with Crippen LogP contribution in [-0.4, -0.2) is 26.7 Å². The van der Waals surface area contributed by atoms with Crippen LogP contribution in [0.3, 0.4) is 0 Å². The molecule has 76 valence electrons. The van der Waals surface area contributed by atoms with Crippen molar-refractivity contribution in [2.45, 2.75) is 0 Å². The molecule has 0 radical (unpaired) electrons. The van der Waals surface area contributed by atoms with E-state index in [0.29, 0.717) is 0 Å². The van der Waals surface area contributed by atoms with Crippen LogP contribution >= 0.6 is 15.8 Å². The molecule has 0 aliphatic rings. The maximum Gasteiger partial charge on any atom is 0.132 e. The third kappa shape index (κ3) is 3.67. The molecule has 1 aromatic rings. The van der Waals surface area contributed by atoms with E-state index in [4.69, 9.17) is 0 Å². The molecule has 0 bridgehead atoms. The van der Waals surface area contributed by atoms with E-state index >= 15 is 0 Å². The molecule has 0 aliphatic carbocycles. The molecule has 0 nitrogen and oxygen atoms in total. The summed E-state index contributed by atoms with van der Waals surface area (Å²) in [6, 6.07) is 8.95. The van der Waals surface area contributed by atoms with Crippen molar-refractivity contribution in [1.29, 1.82) is 0 Å². The summed E-state index contributed by atoms with van der Waals surface area (Å²) in [6.45, 7) is 9.48. The summed E-state index contributed by atoms with van der Waals surface area (Å²) in [4.78, 5) is 0. The second-order valence-electron chi connectivity index (χ2n) is 3.55. The minimum absolute atomic E-state index is 0. The zero-order valence-corrected chi connectivity index (χ0v) is 11.6. The zero-order valence-electron chi connectivity index (χ0n) is 8.63. The molecular formula is C10H18NiP2+2. The van der Waals surface area contributed by atoms with Gasteiger partial charge in [-0.2, -0.15) is 0 Å². The largest absolute Gasteiger partial charge is 0.132 e. The molecule has 0 N–H and O–H groups in total. The first-order chi connectivity index (χ1) is 5.63. The van der Waals surface area contributed by atoms with Gasteiger partial charge < -0.3 is 0 Å². The fourth-order valence-corrected chi connectivity index (χ4v) is 4.96. The molecule has 0 fully saturated rings. The van der Waals surface area contributed by atoms with Crippen LogP contribution in [0.1, 0.15) is 0 Å². The smallest absolute Gasteiger partial charge is 0.0581 e. The summed E-state index contributed by atoms with van der Waals surface area (Å²) < 4.78 is 0. The van der Waals surface area contributed by atoms with Gasteiger partial charge in [-0.15, -0.1) is 0 Å². The van der Waals surface area contributed by atoms with E-state index < -0.39 is 0 Å². The Bertz CT molecular complexity index is 232. The van der Waals surface area contributed by atoms with E-state index in [0.717, 1.165) is 0 Å². The molecule has 0 aromatic heterocycles. The van der Waals surface area contributed by atoms with Crippen LogP contribution in [0.5, 0.6) is 0 Å². The molecule has 0 spiro atoms. The van der Waals surface area contributed by atoms with Crippen molar-refractivity contribution in [3.63, 3.8) is 0 Å². The van der Waals surface area contributed by atoms with Crippen LogP contribution < -0.4 is 10.6 Å². The van der Waals surface area contributed by atoms with Crippen molar-refractivity contribution < 1.29 is 16.5 Å². The predicted molar refractivity (Wildman–Crippen MR) is 66.0 cm³/mol. The predicted octanol–water partition coefficient (Wildman–Crippen LogP) is 1.88. The molecule has 1 rings (SSSR count). The molecule has 0 atom stereocenters. The van der Waals surface area contributed by atoms with Crippen molar-refractivity contribution >= 4 is 26.5 Å². The number of hydrogen-bond acceptors (Lipinski definition) is 0. The van der Waals surface area contributed by atoms with Crippen LogP contribution in [0.2, 0.25) is 0 Å². The average molecular weight is 259 g/mol. The van der Waals surface area contributed by atoms with Crippen LogP contribution in [-0.2, 0) is 16.5 Å². The minimum atomic E-state index is -0.261. The van der Waals surface area contributed by atoms with E-state index in [2.05, 4.69) is 50.9 Å². The van der Waals surface area contributed by atoms with Gasteiger partial charge in [-0.05, 0) is 12.1 Å². The van der Waals surface area contributed by atoms with Gasteiger partial charge in [-0.25, -0.2) is 0 Å². The first-order valence-corrected chi connectivity index (χ1v) is 9.33. The first kappa shape index (κ1) is 13.6.